The van der Waals surface area contributed by atoms with Gasteiger partial charge in [-0.2, -0.15) is 0 Å². The summed E-state index contributed by atoms with van der Waals surface area (Å²) >= 11 is 1.50. The minimum atomic E-state index is -0.794. The number of aryl methyl sites for hydroxylation is 1. The molecule has 102 valence electrons. The molecule has 2 N–H and O–H groups in total. The summed E-state index contributed by atoms with van der Waals surface area (Å²) in [5.41, 5.74) is 0.824. The predicted molar refractivity (Wildman–Crippen MR) is 72.2 cm³/mol. The normalized spacial score (nSPS) is 12.7. The molecule has 6 heteroatoms. The first-order valence-electron chi connectivity index (χ1n) is 5.94. The van der Waals surface area contributed by atoms with Crippen molar-refractivity contribution in [1.29, 1.82) is 0 Å². The number of hydrogen-bond donors (Lipinski definition) is 2. The molecule has 0 aliphatic carbocycles. The Balaban J connectivity index is 2.53. The van der Waals surface area contributed by atoms with Crippen molar-refractivity contribution in [3.63, 3.8) is 0 Å². The van der Waals surface area contributed by atoms with Gasteiger partial charge < -0.3 is 15.2 Å². The van der Waals surface area contributed by atoms with E-state index in [1.807, 2.05) is 5.38 Å². The average Bonchev–Trinajstić information content (AvgIpc) is 2.73. The fraction of sp³-hybridized carbons (Fsp3) is 0.667. The Morgan fingerprint density at radius 1 is 1.61 bits per heavy atom. The molecule has 0 fully saturated rings. The van der Waals surface area contributed by atoms with Crippen molar-refractivity contribution in [3.8, 4) is 0 Å². The molecule has 0 aromatic carbocycles. The monoisotopic (exact) mass is 272 g/mol. The van der Waals surface area contributed by atoms with Crippen LogP contribution < -0.4 is 5.32 Å². The van der Waals surface area contributed by atoms with E-state index in [1.165, 1.54) is 11.3 Å². The topological polar surface area (TPSA) is 71.5 Å². The molecule has 1 rings (SSSR count). The Morgan fingerprint density at radius 2 is 2.33 bits per heavy atom. The van der Waals surface area contributed by atoms with Crippen LogP contribution in [0.1, 0.15) is 26.0 Å². The third-order valence-corrected chi connectivity index (χ3v) is 3.43. The lowest BCUT2D eigenvalue weighted by Crippen LogP contribution is -2.30. The minimum absolute atomic E-state index is 0.120. The molecule has 0 aliphatic heterocycles. The molecular formula is C12H20N2O3S. The average molecular weight is 272 g/mol. The van der Waals surface area contributed by atoms with Gasteiger partial charge in [-0.25, -0.2) is 4.98 Å². The van der Waals surface area contributed by atoms with Crippen LogP contribution in [0.2, 0.25) is 0 Å². The fourth-order valence-electron chi connectivity index (χ4n) is 1.46. The number of nitrogens with one attached hydrogen (secondary N) is 1. The van der Waals surface area contributed by atoms with Gasteiger partial charge in [-0.05, 0) is 5.92 Å². The SMILES string of the molecule is COCC(Nc1nc(CCC(=O)O)cs1)C(C)C. The first-order valence-corrected chi connectivity index (χ1v) is 6.82. The Kier molecular flexibility index (Phi) is 6.07. The number of carbonyl (C=O) groups is 1. The van der Waals surface area contributed by atoms with Crippen molar-refractivity contribution in [2.24, 2.45) is 5.92 Å². The predicted octanol–water partition coefficient (Wildman–Crippen LogP) is 2.24. The molecule has 0 bridgehead atoms. The first-order chi connectivity index (χ1) is 8.52. The van der Waals surface area contributed by atoms with Gasteiger partial charge in [0.05, 0.1) is 24.8 Å². The molecule has 1 unspecified atom stereocenters. The Labute approximate surface area is 111 Å². The van der Waals surface area contributed by atoms with Crippen molar-refractivity contribution in [2.75, 3.05) is 19.0 Å². The van der Waals surface area contributed by atoms with Gasteiger partial charge in [0.2, 0.25) is 0 Å². The lowest BCUT2D eigenvalue weighted by atomic mass is 10.1. The highest BCUT2D eigenvalue weighted by atomic mass is 32.1. The van der Waals surface area contributed by atoms with E-state index in [0.29, 0.717) is 18.9 Å². The lowest BCUT2D eigenvalue weighted by Gasteiger charge is -2.20. The van der Waals surface area contributed by atoms with Crippen molar-refractivity contribution in [3.05, 3.63) is 11.1 Å². The van der Waals surface area contributed by atoms with Gasteiger partial charge in [0.1, 0.15) is 0 Å². The number of carboxylic acids is 1. The number of nitrogens with zero attached hydrogens (tertiary/aromatic N) is 1. The zero-order valence-corrected chi connectivity index (χ0v) is 11.8. The highest BCUT2D eigenvalue weighted by molar-refractivity contribution is 7.13. The number of rotatable bonds is 8. The summed E-state index contributed by atoms with van der Waals surface area (Å²) in [6, 6.07) is 0.216. The van der Waals surface area contributed by atoms with Gasteiger partial charge in [-0.15, -0.1) is 11.3 Å². The molecule has 1 heterocycles. The molecule has 0 saturated carbocycles. The van der Waals surface area contributed by atoms with Crippen LogP contribution in [0.3, 0.4) is 0 Å². The summed E-state index contributed by atoms with van der Waals surface area (Å²) in [6.45, 7) is 4.87. The number of carboxylic acid groups (broad SMARTS) is 1. The number of aliphatic carboxylic acids is 1. The van der Waals surface area contributed by atoms with Crippen LogP contribution in [-0.4, -0.2) is 35.8 Å². The van der Waals surface area contributed by atoms with Gasteiger partial charge in [0, 0.05) is 18.9 Å². The molecule has 1 aromatic heterocycles. The first kappa shape index (κ1) is 14.9. The van der Waals surface area contributed by atoms with Crippen LogP contribution in [-0.2, 0) is 16.0 Å². The molecule has 0 radical (unpaired) electrons. The highest BCUT2D eigenvalue weighted by Gasteiger charge is 2.14. The maximum Gasteiger partial charge on any atom is 0.303 e. The Bertz CT molecular complexity index is 379. The number of ether oxygens (including phenoxy) is 1. The number of aromatic nitrogens is 1. The third kappa shape index (κ3) is 5.01. The highest BCUT2D eigenvalue weighted by Crippen LogP contribution is 2.19. The minimum Gasteiger partial charge on any atom is -0.481 e. The van der Waals surface area contributed by atoms with E-state index in [1.54, 1.807) is 7.11 Å². The van der Waals surface area contributed by atoms with Gasteiger partial charge >= 0.3 is 5.97 Å². The van der Waals surface area contributed by atoms with Gasteiger partial charge in [-0.1, -0.05) is 13.8 Å². The van der Waals surface area contributed by atoms with Crippen LogP contribution >= 0.6 is 11.3 Å². The number of anilines is 1. The van der Waals surface area contributed by atoms with Gasteiger partial charge in [0.15, 0.2) is 5.13 Å². The van der Waals surface area contributed by atoms with E-state index in [0.717, 1.165) is 10.8 Å². The molecule has 5 nitrogen and oxygen atoms in total. The summed E-state index contributed by atoms with van der Waals surface area (Å²) in [5.74, 6) is -0.353. The number of methoxy groups -OCH3 is 1. The van der Waals surface area contributed by atoms with E-state index >= 15 is 0 Å². The standard InChI is InChI=1S/C12H20N2O3S/c1-8(2)10(6-17-3)14-12-13-9(7-18-12)4-5-11(15)16/h7-8,10H,4-6H2,1-3H3,(H,13,14)(H,15,16). The van der Waals surface area contributed by atoms with E-state index < -0.39 is 5.97 Å². The van der Waals surface area contributed by atoms with Crippen LogP contribution in [0.15, 0.2) is 5.38 Å². The van der Waals surface area contributed by atoms with E-state index in [4.69, 9.17) is 9.84 Å². The van der Waals surface area contributed by atoms with Gasteiger partial charge in [0.25, 0.3) is 0 Å². The zero-order chi connectivity index (χ0) is 13.5. The third-order valence-electron chi connectivity index (χ3n) is 2.61. The van der Waals surface area contributed by atoms with E-state index in [2.05, 4.69) is 24.1 Å². The second kappa shape index (κ2) is 7.33. The van der Waals surface area contributed by atoms with Crippen LogP contribution in [0.25, 0.3) is 0 Å². The van der Waals surface area contributed by atoms with E-state index in [9.17, 15) is 4.79 Å². The van der Waals surface area contributed by atoms with Gasteiger partial charge in [-0.3, -0.25) is 4.79 Å². The van der Waals surface area contributed by atoms with Crippen molar-refractivity contribution < 1.29 is 14.6 Å². The van der Waals surface area contributed by atoms with Crippen molar-refractivity contribution >= 4 is 22.4 Å². The zero-order valence-electron chi connectivity index (χ0n) is 11.0. The number of thiazole rings is 1. The summed E-state index contributed by atoms with van der Waals surface area (Å²) in [5, 5.41) is 14.7. The summed E-state index contributed by atoms with van der Waals surface area (Å²) in [6.07, 6.45) is 0.596. The van der Waals surface area contributed by atoms with Crippen molar-refractivity contribution in [2.45, 2.75) is 32.7 Å². The van der Waals surface area contributed by atoms with Crippen molar-refractivity contribution in [1.82, 2.24) is 4.98 Å². The largest absolute Gasteiger partial charge is 0.481 e. The Hall–Kier alpha value is -1.14. The van der Waals surface area contributed by atoms with Crippen LogP contribution in [0.5, 0.6) is 0 Å². The second-order valence-electron chi connectivity index (χ2n) is 4.49. The molecule has 1 atom stereocenters. The summed E-state index contributed by atoms with van der Waals surface area (Å²) < 4.78 is 5.16. The Morgan fingerprint density at radius 3 is 2.89 bits per heavy atom. The van der Waals surface area contributed by atoms with Crippen LogP contribution in [0, 0.1) is 5.92 Å². The quantitative estimate of drug-likeness (QED) is 0.759. The molecule has 1 aromatic rings. The molecule has 18 heavy (non-hydrogen) atoms. The molecular weight excluding hydrogens is 252 g/mol. The van der Waals surface area contributed by atoms with Crippen LogP contribution in [0.4, 0.5) is 5.13 Å². The lowest BCUT2D eigenvalue weighted by molar-refractivity contribution is -0.136. The molecule has 0 amide bonds. The van der Waals surface area contributed by atoms with E-state index in [-0.39, 0.29) is 12.5 Å². The summed E-state index contributed by atoms with van der Waals surface area (Å²) in [7, 11) is 1.68. The molecule has 0 saturated heterocycles. The smallest absolute Gasteiger partial charge is 0.303 e. The molecule has 0 spiro atoms. The fourth-order valence-corrected chi connectivity index (χ4v) is 2.27. The second-order valence-corrected chi connectivity index (χ2v) is 5.35. The molecule has 0 aliphatic rings. The summed E-state index contributed by atoms with van der Waals surface area (Å²) in [4.78, 5) is 14.9. The number of hydrogen-bond acceptors (Lipinski definition) is 5. The maximum absolute atomic E-state index is 10.5. The maximum atomic E-state index is 10.5.